The Bertz CT molecular complexity index is 479. The number of carboxylic acid groups (broad SMARTS) is 1. The fourth-order valence-corrected chi connectivity index (χ4v) is 2.15. The summed E-state index contributed by atoms with van der Waals surface area (Å²) in [7, 11) is 0. The Morgan fingerprint density at radius 3 is 2.86 bits per heavy atom. The van der Waals surface area contributed by atoms with Gasteiger partial charge in [-0.3, -0.25) is 0 Å². The first-order valence-corrected chi connectivity index (χ1v) is 5.10. The van der Waals surface area contributed by atoms with E-state index in [1.165, 1.54) is 11.3 Å². The van der Waals surface area contributed by atoms with Crippen LogP contribution < -0.4 is 0 Å². The Labute approximate surface area is 90.5 Å². The summed E-state index contributed by atoms with van der Waals surface area (Å²) in [5, 5.41) is 11.9. The molecule has 1 N–H and O–H groups in total. The quantitative estimate of drug-likeness (QED) is 0.909. The molecule has 2 rings (SSSR count). The average molecular weight is 275 g/mol. The average Bonchev–Trinajstić information content (AvgIpc) is 2.70. The zero-order chi connectivity index (χ0) is 10.1. The summed E-state index contributed by atoms with van der Waals surface area (Å²) in [6, 6.07) is 3.60. The van der Waals surface area contributed by atoms with Gasteiger partial charge in [0.2, 0.25) is 0 Å². The molecular formula is C7H3BrN2O3S. The smallest absolute Gasteiger partial charge is 0.377 e. The first-order valence-electron chi connectivity index (χ1n) is 3.49. The van der Waals surface area contributed by atoms with Gasteiger partial charge in [-0.25, -0.2) is 4.79 Å². The van der Waals surface area contributed by atoms with E-state index in [0.29, 0.717) is 0 Å². The van der Waals surface area contributed by atoms with Gasteiger partial charge in [0, 0.05) is 0 Å². The highest BCUT2D eigenvalue weighted by Crippen LogP contribution is 2.29. The van der Waals surface area contributed by atoms with Gasteiger partial charge in [-0.15, -0.1) is 11.3 Å². The lowest BCUT2D eigenvalue weighted by molar-refractivity contribution is 0.0680. The molecule has 14 heavy (non-hydrogen) atoms. The number of hydrogen-bond acceptors (Lipinski definition) is 5. The molecule has 2 heterocycles. The third-order valence-corrected chi connectivity index (χ3v) is 3.01. The minimum Gasteiger partial charge on any atom is -0.475 e. The van der Waals surface area contributed by atoms with Crippen LogP contribution in [0.4, 0.5) is 0 Å². The Kier molecular flexibility index (Phi) is 2.34. The number of aromatic nitrogens is 2. The Balaban J connectivity index is 2.38. The molecule has 0 unspecified atom stereocenters. The van der Waals surface area contributed by atoms with Crippen molar-refractivity contribution < 1.29 is 14.4 Å². The van der Waals surface area contributed by atoms with E-state index < -0.39 is 5.97 Å². The van der Waals surface area contributed by atoms with Crippen LogP contribution in [0.5, 0.6) is 0 Å². The largest absolute Gasteiger partial charge is 0.475 e. The molecule has 72 valence electrons. The highest BCUT2D eigenvalue weighted by molar-refractivity contribution is 9.11. The van der Waals surface area contributed by atoms with Crippen molar-refractivity contribution in [2.75, 3.05) is 0 Å². The van der Waals surface area contributed by atoms with Crippen LogP contribution in [0.3, 0.4) is 0 Å². The molecule has 2 aromatic heterocycles. The third kappa shape index (κ3) is 1.68. The molecule has 0 aliphatic rings. The number of carboxylic acids is 1. The number of rotatable bonds is 2. The second-order valence-electron chi connectivity index (χ2n) is 2.33. The van der Waals surface area contributed by atoms with Crippen molar-refractivity contribution in [1.29, 1.82) is 0 Å². The maximum absolute atomic E-state index is 10.5. The molecule has 0 aliphatic heterocycles. The van der Waals surface area contributed by atoms with E-state index in [0.717, 1.165) is 8.66 Å². The van der Waals surface area contributed by atoms with Crippen molar-refractivity contribution in [2.45, 2.75) is 0 Å². The summed E-state index contributed by atoms with van der Waals surface area (Å²) in [6.07, 6.45) is 0. The van der Waals surface area contributed by atoms with Crippen LogP contribution in [0.1, 0.15) is 10.6 Å². The van der Waals surface area contributed by atoms with Crippen LogP contribution in [-0.2, 0) is 0 Å². The SMILES string of the molecule is O=C(O)c1noc(-c2ccc(Br)s2)n1. The Morgan fingerprint density at radius 1 is 1.57 bits per heavy atom. The van der Waals surface area contributed by atoms with Gasteiger partial charge in [0.05, 0.1) is 8.66 Å². The molecule has 0 atom stereocenters. The zero-order valence-corrected chi connectivity index (χ0v) is 9.00. The van der Waals surface area contributed by atoms with Crippen LogP contribution in [0, 0.1) is 0 Å². The first kappa shape index (κ1) is 9.35. The number of aromatic carboxylic acids is 1. The van der Waals surface area contributed by atoms with Gasteiger partial charge in [0.1, 0.15) is 0 Å². The molecule has 0 spiro atoms. The molecule has 7 heteroatoms. The van der Waals surface area contributed by atoms with E-state index in [1.807, 2.05) is 6.07 Å². The number of carbonyl (C=O) groups is 1. The maximum atomic E-state index is 10.5. The second kappa shape index (κ2) is 3.50. The molecular weight excluding hydrogens is 272 g/mol. The van der Waals surface area contributed by atoms with Gasteiger partial charge in [-0.1, -0.05) is 0 Å². The summed E-state index contributed by atoms with van der Waals surface area (Å²) >= 11 is 4.67. The Hall–Kier alpha value is -1.21. The van der Waals surface area contributed by atoms with E-state index in [4.69, 9.17) is 9.63 Å². The van der Waals surface area contributed by atoms with Crippen LogP contribution in [-0.4, -0.2) is 21.2 Å². The molecule has 0 radical (unpaired) electrons. The summed E-state index contributed by atoms with van der Waals surface area (Å²) in [5.41, 5.74) is 0. The maximum Gasteiger partial charge on any atom is 0.377 e. The van der Waals surface area contributed by atoms with E-state index in [9.17, 15) is 4.79 Å². The molecule has 0 saturated heterocycles. The highest BCUT2D eigenvalue weighted by Gasteiger charge is 2.15. The summed E-state index contributed by atoms with van der Waals surface area (Å²) in [5.74, 6) is -1.31. The molecule has 2 aromatic rings. The van der Waals surface area contributed by atoms with Gasteiger partial charge in [-0.05, 0) is 33.2 Å². The standard InChI is InChI=1S/C7H3BrN2O3S/c8-4-2-1-3(14-4)6-9-5(7(11)12)10-13-6/h1-2H,(H,11,12). The molecule has 0 aromatic carbocycles. The summed E-state index contributed by atoms with van der Waals surface area (Å²) in [4.78, 5) is 14.9. The fourth-order valence-electron chi connectivity index (χ4n) is 0.840. The summed E-state index contributed by atoms with van der Waals surface area (Å²) < 4.78 is 5.69. The molecule has 0 bridgehead atoms. The van der Waals surface area contributed by atoms with Gasteiger partial charge in [0.25, 0.3) is 11.7 Å². The predicted molar refractivity (Wildman–Crippen MR) is 52.3 cm³/mol. The first-order chi connectivity index (χ1) is 6.66. The molecule has 0 aliphatic carbocycles. The van der Waals surface area contributed by atoms with Crippen molar-refractivity contribution in [2.24, 2.45) is 0 Å². The van der Waals surface area contributed by atoms with Crippen LogP contribution >= 0.6 is 27.3 Å². The van der Waals surface area contributed by atoms with Crippen molar-refractivity contribution in [3.8, 4) is 10.8 Å². The fraction of sp³-hybridized carbons (Fsp3) is 0. The van der Waals surface area contributed by atoms with Crippen LogP contribution in [0.2, 0.25) is 0 Å². The van der Waals surface area contributed by atoms with E-state index in [-0.39, 0.29) is 11.7 Å². The Morgan fingerprint density at radius 2 is 2.36 bits per heavy atom. The number of thiophene rings is 1. The molecule has 0 amide bonds. The third-order valence-electron chi connectivity index (χ3n) is 1.40. The van der Waals surface area contributed by atoms with Gasteiger partial charge in [0.15, 0.2) is 0 Å². The monoisotopic (exact) mass is 274 g/mol. The normalized spacial score (nSPS) is 10.4. The topological polar surface area (TPSA) is 76.2 Å². The number of hydrogen-bond donors (Lipinski definition) is 1. The number of nitrogens with zero attached hydrogens (tertiary/aromatic N) is 2. The van der Waals surface area contributed by atoms with E-state index in [1.54, 1.807) is 6.07 Å². The van der Waals surface area contributed by atoms with Crippen molar-refractivity contribution >= 4 is 33.2 Å². The zero-order valence-electron chi connectivity index (χ0n) is 6.60. The summed E-state index contributed by atoms with van der Waals surface area (Å²) in [6.45, 7) is 0. The lowest BCUT2D eigenvalue weighted by Gasteiger charge is -1.82. The lowest BCUT2D eigenvalue weighted by atomic mass is 10.5. The van der Waals surface area contributed by atoms with Crippen LogP contribution in [0.25, 0.3) is 10.8 Å². The highest BCUT2D eigenvalue weighted by atomic mass is 79.9. The van der Waals surface area contributed by atoms with Gasteiger partial charge in [-0.2, -0.15) is 4.98 Å². The minimum atomic E-state index is -1.20. The predicted octanol–water partition coefficient (Wildman–Crippen LogP) is 2.26. The minimum absolute atomic E-state index is 0.220. The van der Waals surface area contributed by atoms with Crippen LogP contribution in [0.15, 0.2) is 20.4 Å². The van der Waals surface area contributed by atoms with Gasteiger partial charge < -0.3 is 9.63 Å². The lowest BCUT2D eigenvalue weighted by Crippen LogP contribution is -1.97. The molecule has 0 saturated carbocycles. The molecule has 5 nitrogen and oxygen atoms in total. The van der Waals surface area contributed by atoms with E-state index >= 15 is 0 Å². The number of halogens is 1. The van der Waals surface area contributed by atoms with Crippen molar-refractivity contribution in [3.05, 3.63) is 21.7 Å². The van der Waals surface area contributed by atoms with Crippen molar-refractivity contribution in [3.63, 3.8) is 0 Å². The van der Waals surface area contributed by atoms with E-state index in [2.05, 4.69) is 26.1 Å². The second-order valence-corrected chi connectivity index (χ2v) is 4.80. The molecule has 0 fully saturated rings. The van der Waals surface area contributed by atoms with Crippen molar-refractivity contribution in [1.82, 2.24) is 10.1 Å². The van der Waals surface area contributed by atoms with Gasteiger partial charge >= 0.3 is 5.97 Å².